The molecule has 0 bridgehead atoms. The first-order valence-electron chi connectivity index (χ1n) is 9.91. The number of hydrogen-bond donors (Lipinski definition) is 3. The van der Waals surface area contributed by atoms with Crippen LogP contribution in [0.3, 0.4) is 0 Å². The molecule has 0 atom stereocenters. The Morgan fingerprint density at radius 2 is 2.00 bits per heavy atom. The maximum absolute atomic E-state index is 13.0. The summed E-state index contributed by atoms with van der Waals surface area (Å²) in [6.07, 6.45) is 3.31. The number of ether oxygens (including phenoxy) is 1. The van der Waals surface area contributed by atoms with Gasteiger partial charge in [-0.3, -0.25) is 4.79 Å². The molecule has 2 aliphatic heterocycles. The van der Waals surface area contributed by atoms with Crippen molar-refractivity contribution in [2.45, 2.75) is 24.8 Å². The van der Waals surface area contributed by atoms with Crippen LogP contribution in [0.15, 0.2) is 48.4 Å². The highest BCUT2D eigenvalue weighted by Crippen LogP contribution is 2.46. The molecular weight excluding hydrogens is 367 g/mol. The van der Waals surface area contributed by atoms with Gasteiger partial charge in [-0.05, 0) is 42.2 Å². The minimum atomic E-state index is -1.51. The summed E-state index contributed by atoms with van der Waals surface area (Å²) in [7, 11) is -1.51. The molecular formula is C22H25BN2O4. The normalized spacial score (nSPS) is 17.4. The van der Waals surface area contributed by atoms with Crippen LogP contribution in [0.2, 0.25) is 0 Å². The van der Waals surface area contributed by atoms with E-state index in [0.717, 1.165) is 29.7 Å². The van der Waals surface area contributed by atoms with E-state index in [2.05, 4.69) is 6.07 Å². The topological polar surface area (TPSA) is 96.0 Å². The molecule has 2 aromatic rings. The number of nitrogens with two attached hydrogens (primary N) is 1. The molecule has 1 saturated heterocycles. The molecule has 0 aliphatic carbocycles. The van der Waals surface area contributed by atoms with Crippen molar-refractivity contribution in [3.63, 3.8) is 0 Å². The summed E-state index contributed by atoms with van der Waals surface area (Å²) >= 11 is 0. The van der Waals surface area contributed by atoms with Crippen LogP contribution >= 0.6 is 0 Å². The molecule has 1 fully saturated rings. The van der Waals surface area contributed by atoms with Crippen molar-refractivity contribution in [1.29, 1.82) is 0 Å². The molecule has 6 nitrogen and oxygen atoms in total. The van der Waals surface area contributed by atoms with Crippen LogP contribution in [0.1, 0.15) is 39.9 Å². The Balaban J connectivity index is 1.47. The summed E-state index contributed by atoms with van der Waals surface area (Å²) in [5.41, 5.74) is 9.45. The van der Waals surface area contributed by atoms with E-state index in [9.17, 15) is 4.79 Å². The van der Waals surface area contributed by atoms with Gasteiger partial charge < -0.3 is 25.4 Å². The second-order valence-corrected chi connectivity index (χ2v) is 7.79. The van der Waals surface area contributed by atoms with Gasteiger partial charge in [-0.1, -0.05) is 36.3 Å². The Bertz CT molecular complexity index is 936. The second-order valence-electron chi connectivity index (χ2n) is 7.79. The Kier molecular flexibility index (Phi) is 5.45. The first kappa shape index (κ1) is 19.7. The van der Waals surface area contributed by atoms with Crippen LogP contribution < -0.4 is 10.5 Å². The summed E-state index contributed by atoms with van der Waals surface area (Å²) in [5, 5.41) is 18.0. The smallest absolute Gasteiger partial charge is 0.480 e. The van der Waals surface area contributed by atoms with Gasteiger partial charge in [0, 0.05) is 36.2 Å². The van der Waals surface area contributed by atoms with Gasteiger partial charge in [0.2, 0.25) is 0 Å². The van der Waals surface area contributed by atoms with E-state index in [4.69, 9.17) is 20.5 Å². The number of fused-ring (bicyclic) bond motifs is 2. The molecule has 0 unspecified atom stereocenters. The zero-order chi connectivity index (χ0) is 20.4. The van der Waals surface area contributed by atoms with E-state index in [1.54, 1.807) is 24.3 Å². The third-order valence-electron chi connectivity index (χ3n) is 5.96. The number of piperidine rings is 1. The first-order valence-corrected chi connectivity index (χ1v) is 9.91. The van der Waals surface area contributed by atoms with Crippen LogP contribution in [0.25, 0.3) is 6.08 Å². The van der Waals surface area contributed by atoms with Crippen LogP contribution in [0.5, 0.6) is 5.75 Å². The van der Waals surface area contributed by atoms with Gasteiger partial charge in [0.25, 0.3) is 5.91 Å². The lowest BCUT2D eigenvalue weighted by atomic mass is 9.74. The molecule has 0 saturated carbocycles. The van der Waals surface area contributed by atoms with E-state index in [1.807, 2.05) is 23.1 Å². The largest absolute Gasteiger partial charge is 0.492 e. The molecule has 2 aromatic carbocycles. The van der Waals surface area contributed by atoms with E-state index < -0.39 is 7.12 Å². The van der Waals surface area contributed by atoms with Gasteiger partial charge in [0.1, 0.15) is 5.75 Å². The van der Waals surface area contributed by atoms with Crippen molar-refractivity contribution in [2.75, 3.05) is 19.7 Å². The fourth-order valence-electron chi connectivity index (χ4n) is 4.24. The Morgan fingerprint density at radius 1 is 1.21 bits per heavy atom. The third kappa shape index (κ3) is 3.94. The number of nitrogens with zero attached hydrogens (tertiary/aromatic N) is 1. The van der Waals surface area contributed by atoms with Gasteiger partial charge in [-0.25, -0.2) is 0 Å². The predicted octanol–water partition coefficient (Wildman–Crippen LogP) is 1.74. The molecule has 7 heteroatoms. The number of carbonyl (C=O) groups is 1. The molecule has 1 amide bonds. The number of carbonyl (C=O) groups excluding carboxylic acids is 1. The first-order chi connectivity index (χ1) is 14.0. The lowest BCUT2D eigenvalue weighted by Gasteiger charge is -2.38. The van der Waals surface area contributed by atoms with Gasteiger partial charge in [-0.2, -0.15) is 0 Å². The summed E-state index contributed by atoms with van der Waals surface area (Å²) in [4.78, 5) is 14.9. The molecule has 4 N–H and O–H groups in total. The van der Waals surface area contributed by atoms with Crippen LogP contribution in [0.4, 0.5) is 0 Å². The maximum Gasteiger partial charge on any atom is 0.480 e. The fourth-order valence-corrected chi connectivity index (χ4v) is 4.24. The molecule has 0 radical (unpaired) electrons. The SMILES string of the molecule is NCc1ccc2c(c1)C1(CCN(C(=O)c3cccc(C=CB(O)O)c3)CC1)CO2. The average molecular weight is 392 g/mol. The summed E-state index contributed by atoms with van der Waals surface area (Å²) < 4.78 is 5.94. The van der Waals surface area contributed by atoms with Crippen molar-refractivity contribution in [3.05, 3.63) is 70.7 Å². The van der Waals surface area contributed by atoms with Crippen LogP contribution in [0, 0.1) is 0 Å². The standard InChI is InChI=1S/C22H25BN2O4/c24-14-17-4-5-20-19(13-17)22(15-29-20)7-10-25(11-8-22)21(26)18-3-1-2-16(12-18)6-9-23(27)28/h1-6,9,12-13,27-28H,7-8,10-11,14-15,24H2. The number of benzene rings is 2. The van der Waals surface area contributed by atoms with E-state index in [-0.39, 0.29) is 11.3 Å². The fraction of sp³-hybridized carbons (Fsp3) is 0.318. The quantitative estimate of drug-likeness (QED) is 0.689. The van der Waals surface area contributed by atoms with Crippen molar-refractivity contribution in [3.8, 4) is 5.75 Å². The lowest BCUT2D eigenvalue weighted by Crippen LogP contribution is -2.46. The number of likely N-dealkylation sites (tertiary alicyclic amines) is 1. The molecule has 2 aliphatic rings. The molecule has 0 aromatic heterocycles. The van der Waals surface area contributed by atoms with Crippen molar-refractivity contribution >= 4 is 19.1 Å². The number of amides is 1. The molecule has 4 rings (SSSR count). The van der Waals surface area contributed by atoms with E-state index in [1.165, 1.54) is 11.5 Å². The zero-order valence-corrected chi connectivity index (χ0v) is 16.3. The van der Waals surface area contributed by atoms with Crippen molar-refractivity contribution < 1.29 is 19.6 Å². The van der Waals surface area contributed by atoms with E-state index >= 15 is 0 Å². The van der Waals surface area contributed by atoms with Gasteiger partial charge in [0.15, 0.2) is 0 Å². The predicted molar refractivity (Wildman–Crippen MR) is 112 cm³/mol. The minimum absolute atomic E-state index is 0.00510. The second kappa shape index (κ2) is 8.03. The zero-order valence-electron chi connectivity index (χ0n) is 16.3. The highest BCUT2D eigenvalue weighted by Gasteiger charge is 2.43. The Labute approximate surface area is 170 Å². The van der Waals surface area contributed by atoms with Crippen LogP contribution in [-0.2, 0) is 12.0 Å². The third-order valence-corrected chi connectivity index (χ3v) is 5.96. The van der Waals surface area contributed by atoms with E-state index in [0.29, 0.717) is 31.8 Å². The Hall–Kier alpha value is -2.61. The molecule has 150 valence electrons. The average Bonchev–Trinajstić information content (AvgIpc) is 3.10. The molecule has 1 spiro atoms. The highest BCUT2D eigenvalue weighted by molar-refractivity contribution is 6.48. The number of hydrogen-bond acceptors (Lipinski definition) is 5. The highest BCUT2D eigenvalue weighted by atomic mass is 16.5. The summed E-state index contributed by atoms with van der Waals surface area (Å²) in [6, 6.07) is 13.4. The number of rotatable bonds is 4. The Morgan fingerprint density at radius 3 is 2.72 bits per heavy atom. The summed E-state index contributed by atoms with van der Waals surface area (Å²) in [6.45, 7) is 2.50. The van der Waals surface area contributed by atoms with Gasteiger partial charge in [0.05, 0.1) is 6.61 Å². The van der Waals surface area contributed by atoms with Crippen molar-refractivity contribution in [2.24, 2.45) is 5.73 Å². The summed E-state index contributed by atoms with van der Waals surface area (Å²) in [5.74, 6) is 2.20. The van der Waals surface area contributed by atoms with Gasteiger partial charge in [-0.15, -0.1) is 0 Å². The van der Waals surface area contributed by atoms with Gasteiger partial charge >= 0.3 is 7.12 Å². The molecule has 29 heavy (non-hydrogen) atoms. The minimum Gasteiger partial charge on any atom is -0.492 e. The maximum atomic E-state index is 13.0. The van der Waals surface area contributed by atoms with Crippen molar-refractivity contribution in [1.82, 2.24) is 4.90 Å². The monoisotopic (exact) mass is 392 g/mol. The molecule has 2 heterocycles. The van der Waals surface area contributed by atoms with Crippen LogP contribution in [-0.4, -0.2) is 47.7 Å². The lowest BCUT2D eigenvalue weighted by molar-refractivity contribution is 0.0646.